The van der Waals surface area contributed by atoms with Crippen molar-refractivity contribution in [2.75, 3.05) is 0 Å². The Hall–Kier alpha value is -1.57. The molecule has 0 aromatic heterocycles. The van der Waals surface area contributed by atoms with E-state index in [1.54, 1.807) is 6.07 Å². The maximum Gasteiger partial charge on any atom is 0.280 e. The van der Waals surface area contributed by atoms with Gasteiger partial charge in [0, 0.05) is 0 Å². The highest BCUT2D eigenvalue weighted by Gasteiger charge is 2.26. The predicted octanol–water partition coefficient (Wildman–Crippen LogP) is 1.32. The summed E-state index contributed by atoms with van der Waals surface area (Å²) in [6.45, 7) is 1.46. The van der Waals surface area contributed by atoms with Crippen LogP contribution in [-0.2, 0) is 4.79 Å². The molecule has 0 aliphatic carbocycles. The highest BCUT2D eigenvalue weighted by Crippen LogP contribution is 2.18. The molecule has 0 aromatic carbocycles. The molecule has 0 aromatic rings. The van der Waals surface area contributed by atoms with Gasteiger partial charge in [0.2, 0.25) is 0 Å². The van der Waals surface area contributed by atoms with Crippen molar-refractivity contribution in [3.05, 3.63) is 11.6 Å². The van der Waals surface area contributed by atoms with Crippen LogP contribution in [0.2, 0.25) is 0 Å². The molecule has 1 aliphatic heterocycles. The minimum Gasteiger partial charge on any atom is -0.271 e. The van der Waals surface area contributed by atoms with Crippen molar-refractivity contribution >= 4 is 11.6 Å². The molecule has 13 heavy (non-hydrogen) atoms. The minimum atomic E-state index is -2.77. The third kappa shape index (κ3) is 1.78. The van der Waals surface area contributed by atoms with Crippen LogP contribution in [0.4, 0.5) is 8.78 Å². The number of nitrogens with zero attached hydrogens (tertiary/aromatic N) is 2. The normalized spacial score (nSPS) is 22.4. The number of rotatable bonds is 1. The van der Waals surface area contributed by atoms with E-state index in [1.165, 1.54) is 6.92 Å². The fraction of sp³-hybridized carbons (Fsp3) is 0.375. The van der Waals surface area contributed by atoms with Crippen LogP contribution in [0.5, 0.6) is 0 Å². The number of halogens is 2. The first-order valence-electron chi connectivity index (χ1n) is 3.54. The number of dihydropyridines is 1. The highest BCUT2D eigenvalue weighted by atomic mass is 19.3. The molecule has 68 valence electrons. The Bertz CT molecular complexity index is 339. The second-order valence-electron chi connectivity index (χ2n) is 2.63. The monoisotopic (exact) mass is 184 g/mol. The van der Waals surface area contributed by atoms with Gasteiger partial charge in [-0.3, -0.25) is 4.79 Å². The molecule has 0 fully saturated rings. The molecule has 0 spiro atoms. The third-order valence-electron chi connectivity index (χ3n) is 1.67. The molecular weight excluding hydrogens is 178 g/mol. The van der Waals surface area contributed by atoms with Crippen molar-refractivity contribution in [1.29, 1.82) is 5.26 Å². The van der Waals surface area contributed by atoms with E-state index in [4.69, 9.17) is 5.26 Å². The van der Waals surface area contributed by atoms with E-state index >= 15 is 0 Å². The summed E-state index contributed by atoms with van der Waals surface area (Å²) >= 11 is 0. The Morgan fingerprint density at radius 2 is 2.31 bits per heavy atom. The van der Waals surface area contributed by atoms with Crippen LogP contribution in [0.15, 0.2) is 16.6 Å². The molecule has 1 aliphatic rings. The number of amides is 1. The van der Waals surface area contributed by atoms with Crippen molar-refractivity contribution in [3.63, 3.8) is 0 Å². The molecule has 0 N–H and O–H groups in total. The summed E-state index contributed by atoms with van der Waals surface area (Å²) in [7, 11) is 0. The Morgan fingerprint density at radius 1 is 1.69 bits per heavy atom. The second-order valence-corrected chi connectivity index (χ2v) is 2.63. The second kappa shape index (κ2) is 3.44. The van der Waals surface area contributed by atoms with E-state index in [1.807, 2.05) is 0 Å². The maximum atomic E-state index is 12.1. The van der Waals surface area contributed by atoms with Crippen LogP contribution in [0.3, 0.4) is 0 Å². The number of carbonyl (C=O) groups excluding carboxylic acids is 1. The van der Waals surface area contributed by atoms with E-state index in [0.717, 1.165) is 6.08 Å². The van der Waals surface area contributed by atoms with Gasteiger partial charge in [0.15, 0.2) is 0 Å². The zero-order valence-corrected chi connectivity index (χ0v) is 6.79. The quantitative estimate of drug-likeness (QED) is 0.617. The molecule has 0 saturated carbocycles. The Morgan fingerprint density at radius 3 is 2.69 bits per heavy atom. The number of hydrogen-bond donors (Lipinski definition) is 0. The maximum absolute atomic E-state index is 12.1. The smallest absolute Gasteiger partial charge is 0.271 e. The summed E-state index contributed by atoms with van der Waals surface area (Å²) in [5.74, 6) is -1.81. The van der Waals surface area contributed by atoms with Crippen molar-refractivity contribution < 1.29 is 13.6 Å². The van der Waals surface area contributed by atoms with E-state index in [-0.39, 0.29) is 0 Å². The van der Waals surface area contributed by atoms with Gasteiger partial charge in [-0.25, -0.2) is 13.8 Å². The molecule has 1 amide bonds. The van der Waals surface area contributed by atoms with E-state index in [2.05, 4.69) is 4.99 Å². The van der Waals surface area contributed by atoms with Gasteiger partial charge in [0.05, 0.1) is 6.07 Å². The van der Waals surface area contributed by atoms with Gasteiger partial charge < -0.3 is 0 Å². The lowest BCUT2D eigenvalue weighted by Crippen LogP contribution is -2.22. The van der Waals surface area contributed by atoms with Crippen molar-refractivity contribution in [3.8, 4) is 6.07 Å². The molecule has 1 heterocycles. The van der Waals surface area contributed by atoms with Gasteiger partial charge >= 0.3 is 0 Å². The molecule has 1 rings (SSSR count). The standard InChI is InChI=1S/C8H6F2N2O/c1-4-2-6(7(9)10)12-8(13)5(4)3-11/h2,5,7H,1H3. The van der Waals surface area contributed by atoms with Crippen molar-refractivity contribution in [2.45, 2.75) is 13.3 Å². The summed E-state index contributed by atoms with van der Waals surface area (Å²) in [5, 5.41) is 8.49. The zero-order chi connectivity index (χ0) is 10.0. The number of allylic oxidation sites excluding steroid dienone is 1. The third-order valence-corrected chi connectivity index (χ3v) is 1.67. The summed E-state index contributed by atoms with van der Waals surface area (Å²) in [6.07, 6.45) is -1.68. The van der Waals surface area contributed by atoms with Crippen LogP contribution >= 0.6 is 0 Å². The number of aliphatic imine (C=N–C) groups is 1. The summed E-state index contributed by atoms with van der Waals surface area (Å²) in [5.41, 5.74) is -0.244. The lowest BCUT2D eigenvalue weighted by molar-refractivity contribution is -0.119. The molecule has 0 bridgehead atoms. The first-order valence-corrected chi connectivity index (χ1v) is 3.54. The van der Waals surface area contributed by atoms with Crippen LogP contribution < -0.4 is 0 Å². The first kappa shape index (κ1) is 9.52. The Balaban J connectivity index is 3.02. The molecule has 1 atom stereocenters. The average Bonchev–Trinajstić information content (AvgIpc) is 2.03. The summed E-state index contributed by atoms with van der Waals surface area (Å²) < 4.78 is 24.2. The highest BCUT2D eigenvalue weighted by molar-refractivity contribution is 6.09. The van der Waals surface area contributed by atoms with E-state index in [9.17, 15) is 13.6 Å². The molecular formula is C8H6F2N2O. The van der Waals surface area contributed by atoms with Crippen molar-refractivity contribution in [2.24, 2.45) is 10.9 Å². The van der Waals surface area contributed by atoms with Crippen LogP contribution in [0.25, 0.3) is 0 Å². The number of alkyl halides is 2. The van der Waals surface area contributed by atoms with Crippen molar-refractivity contribution in [1.82, 2.24) is 0 Å². The largest absolute Gasteiger partial charge is 0.280 e. The fourth-order valence-electron chi connectivity index (χ4n) is 1.00. The minimum absolute atomic E-state index is 0.317. The lowest BCUT2D eigenvalue weighted by atomic mass is 9.97. The van der Waals surface area contributed by atoms with Crippen LogP contribution in [-0.4, -0.2) is 18.0 Å². The van der Waals surface area contributed by atoms with Gasteiger partial charge in [0.25, 0.3) is 12.3 Å². The zero-order valence-electron chi connectivity index (χ0n) is 6.79. The average molecular weight is 184 g/mol. The SMILES string of the molecule is CC1=CC(C(F)F)=NC(=O)C1C#N. The Labute approximate surface area is 73.4 Å². The summed E-state index contributed by atoms with van der Waals surface area (Å²) in [6, 6.07) is 1.69. The van der Waals surface area contributed by atoms with E-state index in [0.29, 0.717) is 5.57 Å². The first-order chi connectivity index (χ1) is 6.06. The van der Waals surface area contributed by atoms with Gasteiger partial charge in [0.1, 0.15) is 11.6 Å². The predicted molar refractivity (Wildman–Crippen MR) is 41.3 cm³/mol. The molecule has 0 radical (unpaired) electrons. The number of nitriles is 1. The van der Waals surface area contributed by atoms with Gasteiger partial charge in [-0.15, -0.1) is 0 Å². The van der Waals surface area contributed by atoms with Gasteiger partial charge in [-0.1, -0.05) is 0 Å². The van der Waals surface area contributed by atoms with Crippen LogP contribution in [0, 0.1) is 17.2 Å². The lowest BCUT2D eigenvalue weighted by Gasteiger charge is -2.12. The number of hydrogen-bond acceptors (Lipinski definition) is 2. The number of carbonyl (C=O) groups is 1. The van der Waals surface area contributed by atoms with Gasteiger partial charge in [-0.2, -0.15) is 5.26 Å². The Kier molecular flexibility index (Phi) is 2.52. The molecule has 1 unspecified atom stereocenters. The molecule has 3 nitrogen and oxygen atoms in total. The van der Waals surface area contributed by atoms with Crippen LogP contribution in [0.1, 0.15) is 6.92 Å². The molecule has 0 saturated heterocycles. The van der Waals surface area contributed by atoms with E-state index < -0.39 is 24.0 Å². The summed E-state index contributed by atoms with van der Waals surface area (Å²) in [4.78, 5) is 14.1. The fourth-order valence-corrected chi connectivity index (χ4v) is 1.00. The topological polar surface area (TPSA) is 53.2 Å². The van der Waals surface area contributed by atoms with Gasteiger partial charge in [-0.05, 0) is 18.6 Å². The molecule has 5 heteroatoms.